The molecule has 0 fully saturated rings. The Kier molecular flexibility index (Phi) is 11.5. The number of hydrogen-bond acceptors (Lipinski definition) is 5. The molecule has 0 aliphatic carbocycles. The summed E-state index contributed by atoms with van der Waals surface area (Å²) < 4.78 is 14.5. The monoisotopic (exact) mass is 682 g/mol. The Labute approximate surface area is 258 Å². The Morgan fingerprint density at radius 1 is 0.674 bits per heavy atom. The number of allylic oxidation sites excluding steroid dienone is 2. The zero-order valence-electron chi connectivity index (χ0n) is 24.6. The first kappa shape index (κ1) is 32.0. The van der Waals surface area contributed by atoms with Crippen LogP contribution in [0.2, 0.25) is 4.44 Å². The molecule has 0 heterocycles. The Hall–Kier alpha value is -3.94. The number of benzene rings is 4. The summed E-state index contributed by atoms with van der Waals surface area (Å²) in [5, 5.41) is 11.6. The van der Waals surface area contributed by atoms with Crippen molar-refractivity contribution in [3.05, 3.63) is 145 Å². The topological polar surface area (TPSA) is 72.8 Å². The Morgan fingerprint density at radius 2 is 1.07 bits per heavy atom. The van der Waals surface area contributed by atoms with Crippen molar-refractivity contribution in [2.24, 2.45) is 5.41 Å². The molecule has 0 radical (unpaired) electrons. The van der Waals surface area contributed by atoms with Crippen LogP contribution in [0.15, 0.2) is 140 Å². The summed E-state index contributed by atoms with van der Waals surface area (Å²) in [6, 6.07) is 41.0. The van der Waals surface area contributed by atoms with Crippen molar-refractivity contribution >= 4 is 47.1 Å². The average molecular weight is 681 g/mol. The molecular weight excluding hydrogens is 643 g/mol. The van der Waals surface area contributed by atoms with E-state index >= 15 is 0 Å². The van der Waals surface area contributed by atoms with E-state index in [1.54, 1.807) is 18.2 Å². The van der Waals surface area contributed by atoms with Gasteiger partial charge in [0.05, 0.1) is 0 Å². The van der Waals surface area contributed by atoms with Gasteiger partial charge in [-0.05, 0) is 0 Å². The molecule has 1 N–H and O–H groups in total. The number of carbonyl (C=O) groups excluding carboxylic acids is 2. The molecule has 0 bridgehead atoms. The molecule has 4 aromatic rings. The average Bonchev–Trinajstić information content (AvgIpc) is 3.07. The molecule has 0 aliphatic rings. The fraction of sp³-hybridized carbons (Fsp3) is 0.189. The van der Waals surface area contributed by atoms with Crippen LogP contribution in [0.25, 0.3) is 6.08 Å². The summed E-state index contributed by atoms with van der Waals surface area (Å²) in [5.41, 5.74) is -0.632. The molecule has 0 spiro atoms. The van der Waals surface area contributed by atoms with Gasteiger partial charge >= 0.3 is 253 Å². The van der Waals surface area contributed by atoms with Crippen LogP contribution >= 0.6 is 0 Å². The van der Waals surface area contributed by atoms with Crippen molar-refractivity contribution in [2.45, 2.75) is 23.4 Å². The predicted molar refractivity (Wildman–Crippen MR) is 175 cm³/mol. The molecule has 220 valence electrons. The van der Waals surface area contributed by atoms with Crippen molar-refractivity contribution in [1.82, 2.24) is 0 Å². The second-order valence-electron chi connectivity index (χ2n) is 10.5. The van der Waals surface area contributed by atoms with Crippen LogP contribution in [0, 0.1) is 5.41 Å². The molecule has 5 nitrogen and oxygen atoms in total. The summed E-state index contributed by atoms with van der Waals surface area (Å²) >= 11 is -3.74. The van der Waals surface area contributed by atoms with E-state index in [0.29, 0.717) is 4.44 Å². The second kappa shape index (κ2) is 15.5. The Bertz CT molecular complexity index is 1390. The number of rotatable bonds is 13. The number of carbonyl (C=O) groups is 2. The third-order valence-electron chi connectivity index (χ3n) is 7.87. The van der Waals surface area contributed by atoms with Gasteiger partial charge < -0.3 is 0 Å². The maximum atomic E-state index is 13.1. The van der Waals surface area contributed by atoms with Gasteiger partial charge in [-0.25, -0.2) is 0 Å². The van der Waals surface area contributed by atoms with E-state index in [9.17, 15) is 14.7 Å². The van der Waals surface area contributed by atoms with Gasteiger partial charge in [0.25, 0.3) is 0 Å². The SMILES string of the molecule is COC(=O)C(C/C=C/c1ccccc1)(C/C=C/C(O)[CH2][Sn]([c]1ccccc1)([c]1ccccc1)[c]1ccccc1)C(=O)OC. The predicted octanol–water partition coefficient (Wildman–Crippen LogP) is 4.90. The van der Waals surface area contributed by atoms with Gasteiger partial charge in [0.1, 0.15) is 0 Å². The van der Waals surface area contributed by atoms with E-state index in [-0.39, 0.29) is 12.8 Å². The molecule has 1 unspecified atom stereocenters. The maximum absolute atomic E-state index is 13.1. The van der Waals surface area contributed by atoms with Crippen LogP contribution in [0.5, 0.6) is 0 Å². The van der Waals surface area contributed by atoms with E-state index < -0.39 is 41.8 Å². The van der Waals surface area contributed by atoms with Crippen LogP contribution in [-0.2, 0) is 19.1 Å². The van der Waals surface area contributed by atoms with E-state index in [1.807, 2.05) is 54.6 Å². The first-order chi connectivity index (χ1) is 21.0. The first-order valence-corrected chi connectivity index (χ1v) is 20.7. The van der Waals surface area contributed by atoms with E-state index in [4.69, 9.17) is 9.47 Å². The quantitative estimate of drug-likeness (QED) is 0.0942. The second-order valence-corrected chi connectivity index (χ2v) is 21.8. The molecule has 4 aromatic carbocycles. The molecule has 0 aliphatic heterocycles. The fourth-order valence-electron chi connectivity index (χ4n) is 5.68. The summed E-state index contributed by atoms with van der Waals surface area (Å²) in [6.07, 6.45) is 6.37. The zero-order chi connectivity index (χ0) is 30.5. The summed E-state index contributed by atoms with van der Waals surface area (Å²) in [5.74, 6) is -1.36. The molecule has 0 saturated heterocycles. The van der Waals surface area contributed by atoms with Crippen LogP contribution in [-0.4, -0.2) is 55.7 Å². The Morgan fingerprint density at radius 3 is 1.49 bits per heavy atom. The van der Waals surface area contributed by atoms with Gasteiger partial charge in [-0.15, -0.1) is 0 Å². The van der Waals surface area contributed by atoms with Crippen molar-refractivity contribution < 1.29 is 24.2 Å². The molecular formula is C37H38O5Sn. The minimum absolute atomic E-state index is 0.0209. The number of esters is 2. The van der Waals surface area contributed by atoms with E-state index in [0.717, 1.165) is 5.56 Å². The van der Waals surface area contributed by atoms with Gasteiger partial charge in [-0.3, -0.25) is 0 Å². The van der Waals surface area contributed by atoms with Gasteiger partial charge in [0.15, 0.2) is 0 Å². The normalized spacial score (nSPS) is 12.7. The third-order valence-corrected chi connectivity index (χ3v) is 22.1. The number of aliphatic hydroxyl groups excluding tert-OH is 1. The molecule has 0 saturated carbocycles. The standard InChI is InChI=1S/C19H23O5.3C6H5.Sn/c1-15(20)9-7-13-19(17(21)23-2,18(22)24-3)14-8-12-16-10-5-4-6-11-16;3*1-2-4-6-5-3-1;/h4-12,15,20H,1,13-14H2,2-3H3;3*1-5H;/b9-7+,12-8+;;;;. The molecule has 43 heavy (non-hydrogen) atoms. The van der Waals surface area contributed by atoms with Crippen molar-refractivity contribution in [1.29, 1.82) is 0 Å². The van der Waals surface area contributed by atoms with Gasteiger partial charge in [-0.2, -0.15) is 0 Å². The zero-order valence-corrected chi connectivity index (χ0v) is 27.5. The first-order valence-electron chi connectivity index (χ1n) is 14.4. The summed E-state index contributed by atoms with van der Waals surface area (Å²) in [6.45, 7) is 0. The van der Waals surface area contributed by atoms with Gasteiger partial charge in [0, 0.05) is 0 Å². The molecule has 4 rings (SSSR count). The van der Waals surface area contributed by atoms with E-state index in [2.05, 4.69) is 72.8 Å². The summed E-state index contributed by atoms with van der Waals surface area (Å²) in [4.78, 5) is 26.2. The number of ether oxygens (including phenoxy) is 2. The number of hydrogen-bond donors (Lipinski definition) is 1. The van der Waals surface area contributed by atoms with Crippen molar-refractivity contribution in [3.8, 4) is 0 Å². The molecule has 1 atom stereocenters. The molecule has 0 amide bonds. The molecule has 0 aromatic heterocycles. The van der Waals surface area contributed by atoms with Crippen LogP contribution in [0.3, 0.4) is 0 Å². The third kappa shape index (κ3) is 7.53. The van der Waals surface area contributed by atoms with Crippen LogP contribution < -0.4 is 10.7 Å². The van der Waals surface area contributed by atoms with Crippen molar-refractivity contribution in [2.75, 3.05) is 14.2 Å². The fourth-order valence-corrected chi connectivity index (χ4v) is 19.3. The van der Waals surface area contributed by atoms with Gasteiger partial charge in [-0.1, -0.05) is 6.07 Å². The molecule has 6 heteroatoms. The Balaban J connectivity index is 1.68. The van der Waals surface area contributed by atoms with Crippen LogP contribution in [0.4, 0.5) is 0 Å². The number of aliphatic hydroxyl groups is 1. The summed E-state index contributed by atoms with van der Waals surface area (Å²) in [7, 11) is 2.53. The van der Waals surface area contributed by atoms with E-state index in [1.165, 1.54) is 25.0 Å². The van der Waals surface area contributed by atoms with Gasteiger partial charge in [0.2, 0.25) is 0 Å². The number of methoxy groups -OCH3 is 2. The van der Waals surface area contributed by atoms with Crippen molar-refractivity contribution in [3.63, 3.8) is 0 Å². The minimum atomic E-state index is -3.74. The van der Waals surface area contributed by atoms with Crippen LogP contribution in [0.1, 0.15) is 18.4 Å².